The fraction of sp³-hybridized carbons (Fsp3) is 0. The fourth-order valence-electron chi connectivity index (χ4n) is 0.0136. The fourth-order valence-corrected chi connectivity index (χ4v) is 3.31. The van der Waals surface area contributed by atoms with Gasteiger partial charge in [0.25, 0.3) is 0 Å². The monoisotopic (exact) mass is 196 g/mol. The van der Waals surface area contributed by atoms with Crippen molar-refractivity contribution in [1.29, 1.82) is 0 Å². The summed E-state index contributed by atoms with van der Waals surface area (Å²) in [5.41, 5.74) is 0. The predicted molar refractivity (Wildman–Crippen MR) is 50.8 cm³/mol. The minimum atomic E-state index is 0. The van der Waals surface area contributed by atoms with Gasteiger partial charge in [-0.1, -0.05) is 23.3 Å². The van der Waals surface area contributed by atoms with E-state index in [1.807, 2.05) is 0 Å². The second-order valence-electron chi connectivity index (χ2n) is 0.217. The summed E-state index contributed by atoms with van der Waals surface area (Å²) < 4.78 is 0. The molecule has 0 saturated heterocycles. The molecule has 0 aromatic carbocycles. The van der Waals surface area contributed by atoms with Crippen LogP contribution in [-0.2, 0) is 0 Å². The first-order chi connectivity index (χ1) is 2.41. The van der Waals surface area contributed by atoms with Crippen LogP contribution in [0.1, 0.15) is 0 Å². The lowest BCUT2D eigenvalue weighted by Crippen LogP contribution is -1.08. The summed E-state index contributed by atoms with van der Waals surface area (Å²) in [6, 6.07) is 0. The molecule has 0 unspecified atom stereocenters. The van der Waals surface area contributed by atoms with Gasteiger partial charge in [0, 0.05) is 0 Å². The zero-order chi connectivity index (χ0) is 4.12. The van der Waals surface area contributed by atoms with Crippen molar-refractivity contribution in [2.24, 2.45) is 0 Å². The molecule has 0 radical (unpaired) electrons. The highest BCUT2D eigenvalue weighted by atomic mass is 33.8. The summed E-state index contributed by atoms with van der Waals surface area (Å²) in [6.07, 6.45) is 0. The lowest BCUT2D eigenvalue weighted by Gasteiger charge is -1.76. The van der Waals surface area contributed by atoms with Gasteiger partial charge in [-0.3, -0.25) is 0 Å². The molecule has 48 valence electrons. The molecule has 0 aliphatic carbocycles. The average Bonchev–Trinajstić information content (AvgIpc) is 1.41. The molecule has 0 heterocycles. The molecule has 6 N–H and O–H groups in total. The average molecular weight is 196 g/mol. The van der Waals surface area contributed by atoms with Crippen LogP contribution in [0.3, 0.4) is 0 Å². The second kappa shape index (κ2) is 15.6. The summed E-state index contributed by atoms with van der Waals surface area (Å²) in [7, 11) is 4.32. The Hall–Kier alpha value is 1.67. The maximum absolute atomic E-state index is 3.81. The minimum Gasteiger partial charge on any atom is -0.344 e. The number of hydrogen-bond donors (Lipinski definition) is 4. The zero-order valence-corrected chi connectivity index (χ0v) is 7.77. The topological polar surface area (TPSA) is 70.0 Å². The predicted octanol–water partition coefficient (Wildman–Crippen LogP) is 3.03. The van der Waals surface area contributed by atoms with Crippen LogP contribution >= 0.6 is 52.8 Å². The Morgan fingerprint density at radius 3 is 1.14 bits per heavy atom. The van der Waals surface area contributed by atoms with E-state index < -0.39 is 0 Å². The van der Waals surface area contributed by atoms with Crippen LogP contribution in [0.4, 0.5) is 0 Å². The molecule has 0 aromatic heterocycles. The molecule has 0 aromatic rings. The van der Waals surface area contributed by atoms with Gasteiger partial charge in [0.15, 0.2) is 0 Å². The third-order valence-electron chi connectivity index (χ3n) is 0.0609. The van der Waals surface area contributed by atoms with Crippen molar-refractivity contribution in [3.8, 4) is 0 Å². The molecule has 0 amide bonds. The third-order valence-corrected chi connectivity index (χ3v) is 4.93. The van der Waals surface area contributed by atoms with E-state index in [1.54, 1.807) is 0 Å². The maximum atomic E-state index is 3.81. The van der Waals surface area contributed by atoms with Gasteiger partial charge in [-0.15, -0.1) is 0 Å². The molecular formula is H8N2S5. The Kier molecular flexibility index (Phi) is 35.5. The summed E-state index contributed by atoms with van der Waals surface area (Å²) in [5, 5.41) is 0. The van der Waals surface area contributed by atoms with E-state index in [0.29, 0.717) is 0 Å². The third kappa shape index (κ3) is 18.3. The van der Waals surface area contributed by atoms with Gasteiger partial charge in [0.05, 0.1) is 0 Å². The van der Waals surface area contributed by atoms with E-state index in [9.17, 15) is 0 Å². The van der Waals surface area contributed by atoms with Crippen LogP contribution in [-0.4, -0.2) is 0 Å². The highest BCUT2D eigenvalue weighted by Gasteiger charge is 1.71. The smallest absolute Gasteiger partial charge is 0.00222 e. The standard InChI is InChI=1S/2H3N.H2S5/c;;1-3-5-4-2/h2*1H3;1-2H. The van der Waals surface area contributed by atoms with E-state index in [1.165, 1.54) is 29.5 Å². The van der Waals surface area contributed by atoms with Crippen LogP contribution in [0.2, 0.25) is 0 Å². The second-order valence-corrected chi connectivity index (χ2v) is 5.86. The number of rotatable bonds is 2. The molecule has 7 heteroatoms. The largest absolute Gasteiger partial charge is 0.344 e. The van der Waals surface area contributed by atoms with Crippen LogP contribution in [0.25, 0.3) is 0 Å². The van der Waals surface area contributed by atoms with Crippen LogP contribution < -0.4 is 12.3 Å². The Labute approximate surface area is 64.9 Å². The summed E-state index contributed by atoms with van der Waals surface area (Å²) in [4.78, 5) is 0. The van der Waals surface area contributed by atoms with Crippen LogP contribution in [0.15, 0.2) is 0 Å². The maximum Gasteiger partial charge on any atom is -0.00222 e. The molecule has 0 bridgehead atoms. The van der Waals surface area contributed by atoms with Gasteiger partial charge in [0.2, 0.25) is 0 Å². The van der Waals surface area contributed by atoms with E-state index in [4.69, 9.17) is 0 Å². The van der Waals surface area contributed by atoms with Crippen molar-refractivity contribution in [1.82, 2.24) is 12.3 Å². The van der Waals surface area contributed by atoms with Crippen LogP contribution in [0.5, 0.6) is 0 Å². The Morgan fingerprint density at radius 1 is 0.857 bits per heavy atom. The van der Waals surface area contributed by atoms with Gasteiger partial charge in [-0.25, -0.2) is 0 Å². The minimum absolute atomic E-state index is 0. The molecule has 7 heavy (non-hydrogen) atoms. The number of hydrogen-bond acceptors (Lipinski definition) is 7. The summed E-state index contributed by atoms with van der Waals surface area (Å²) in [6.45, 7) is 0. The van der Waals surface area contributed by atoms with Crippen molar-refractivity contribution in [2.75, 3.05) is 0 Å². The van der Waals surface area contributed by atoms with E-state index in [-0.39, 0.29) is 12.3 Å². The zero-order valence-electron chi connectivity index (χ0n) is 3.53. The van der Waals surface area contributed by atoms with Gasteiger partial charge in [-0.05, 0) is 29.5 Å². The van der Waals surface area contributed by atoms with Crippen molar-refractivity contribution >= 4 is 52.8 Å². The molecule has 0 aliphatic rings. The molecule has 0 saturated carbocycles. The first kappa shape index (κ1) is 15.9. The normalized spacial score (nSPS) is 6.00. The van der Waals surface area contributed by atoms with E-state index >= 15 is 0 Å². The Morgan fingerprint density at radius 2 is 1.14 bits per heavy atom. The van der Waals surface area contributed by atoms with E-state index in [0.717, 1.165) is 0 Å². The quantitative estimate of drug-likeness (QED) is 0.404. The molecule has 0 atom stereocenters. The highest BCUT2D eigenvalue weighted by Crippen LogP contribution is 2.38. The molecule has 0 aliphatic heterocycles. The first-order valence-electron chi connectivity index (χ1n) is 0.698. The van der Waals surface area contributed by atoms with Gasteiger partial charge < -0.3 is 12.3 Å². The van der Waals surface area contributed by atoms with Crippen molar-refractivity contribution in [3.63, 3.8) is 0 Å². The van der Waals surface area contributed by atoms with Gasteiger partial charge >= 0.3 is 0 Å². The van der Waals surface area contributed by atoms with Gasteiger partial charge in [-0.2, -0.15) is 0 Å². The molecule has 0 rings (SSSR count). The molecular weight excluding hydrogens is 188 g/mol. The molecule has 0 spiro atoms. The highest BCUT2D eigenvalue weighted by molar-refractivity contribution is 9.32. The Bertz CT molecular complexity index is 13.6. The van der Waals surface area contributed by atoms with Gasteiger partial charge in [0.1, 0.15) is 0 Å². The Balaban J connectivity index is -0.0000000800. The molecule has 0 fully saturated rings. The summed E-state index contributed by atoms with van der Waals surface area (Å²) in [5.74, 6) is 0. The lowest BCUT2D eigenvalue weighted by atomic mass is 14.0. The SMILES string of the molecule is N.N.SSSSS. The van der Waals surface area contributed by atoms with Crippen LogP contribution in [0, 0.1) is 0 Å². The summed E-state index contributed by atoms with van der Waals surface area (Å²) >= 11 is 7.62. The van der Waals surface area contributed by atoms with E-state index in [2.05, 4.69) is 23.3 Å². The van der Waals surface area contributed by atoms with Crippen molar-refractivity contribution in [2.45, 2.75) is 0 Å². The lowest BCUT2D eigenvalue weighted by molar-refractivity contribution is 2.13. The van der Waals surface area contributed by atoms with Crippen molar-refractivity contribution in [3.05, 3.63) is 0 Å². The first-order valence-corrected chi connectivity index (χ1v) is 6.29. The van der Waals surface area contributed by atoms with Crippen molar-refractivity contribution < 1.29 is 0 Å². The number of thiol groups is 2. The molecule has 2 nitrogen and oxygen atoms in total.